The number of piperidine rings is 1. The van der Waals surface area contributed by atoms with Crippen molar-refractivity contribution in [2.75, 3.05) is 13.1 Å². The summed E-state index contributed by atoms with van der Waals surface area (Å²) in [7, 11) is 0. The lowest BCUT2D eigenvalue weighted by molar-refractivity contribution is 0.134. The number of aromatic hydroxyl groups is 1. The number of benzene rings is 1. The van der Waals surface area contributed by atoms with Gasteiger partial charge in [-0.05, 0) is 36.6 Å². The first-order chi connectivity index (χ1) is 7.86. The number of phenols is 1. The van der Waals surface area contributed by atoms with Crippen LogP contribution >= 0.6 is 0 Å². The standard InChI is InChI=1S/C13H17NO2/c15-12-4-3-10-7-16-8-11(10)13(12)9-2-1-5-14-6-9/h3-4,9,14-15H,1-2,5-8H2. The third-order valence-corrected chi connectivity index (χ3v) is 3.64. The van der Waals surface area contributed by atoms with E-state index in [9.17, 15) is 5.11 Å². The Bertz CT molecular complexity index is 397. The zero-order valence-corrected chi connectivity index (χ0v) is 9.33. The second-order valence-electron chi connectivity index (χ2n) is 4.67. The Balaban J connectivity index is 2.01. The Morgan fingerprint density at radius 3 is 3.06 bits per heavy atom. The topological polar surface area (TPSA) is 41.5 Å². The lowest BCUT2D eigenvalue weighted by atomic mass is 9.86. The van der Waals surface area contributed by atoms with Gasteiger partial charge in [-0.2, -0.15) is 0 Å². The molecular weight excluding hydrogens is 202 g/mol. The summed E-state index contributed by atoms with van der Waals surface area (Å²) >= 11 is 0. The summed E-state index contributed by atoms with van der Waals surface area (Å²) in [5.41, 5.74) is 3.61. The van der Waals surface area contributed by atoms with Crippen molar-refractivity contribution in [1.29, 1.82) is 0 Å². The third kappa shape index (κ3) is 1.60. The lowest BCUT2D eigenvalue weighted by Crippen LogP contribution is -2.29. The number of fused-ring (bicyclic) bond motifs is 1. The van der Waals surface area contributed by atoms with Crippen LogP contribution in [0, 0.1) is 0 Å². The summed E-state index contributed by atoms with van der Waals surface area (Å²) in [4.78, 5) is 0. The summed E-state index contributed by atoms with van der Waals surface area (Å²) < 4.78 is 5.47. The monoisotopic (exact) mass is 219 g/mol. The van der Waals surface area contributed by atoms with Gasteiger partial charge in [0.2, 0.25) is 0 Å². The number of ether oxygens (including phenoxy) is 1. The fraction of sp³-hybridized carbons (Fsp3) is 0.538. The van der Waals surface area contributed by atoms with Crippen LogP contribution in [-0.4, -0.2) is 18.2 Å². The van der Waals surface area contributed by atoms with Crippen LogP contribution in [0.1, 0.15) is 35.4 Å². The fourth-order valence-corrected chi connectivity index (χ4v) is 2.82. The van der Waals surface area contributed by atoms with E-state index in [2.05, 4.69) is 5.32 Å². The van der Waals surface area contributed by atoms with Crippen molar-refractivity contribution in [3.05, 3.63) is 28.8 Å². The van der Waals surface area contributed by atoms with Crippen molar-refractivity contribution < 1.29 is 9.84 Å². The van der Waals surface area contributed by atoms with Gasteiger partial charge in [0.25, 0.3) is 0 Å². The van der Waals surface area contributed by atoms with Crippen molar-refractivity contribution >= 4 is 0 Å². The molecule has 1 atom stereocenters. The highest BCUT2D eigenvalue weighted by Crippen LogP contribution is 2.37. The van der Waals surface area contributed by atoms with E-state index in [1.165, 1.54) is 17.5 Å². The zero-order valence-electron chi connectivity index (χ0n) is 9.33. The van der Waals surface area contributed by atoms with E-state index in [-0.39, 0.29) is 0 Å². The SMILES string of the molecule is Oc1ccc2c(c1C1CCCNC1)COC2. The molecule has 0 aliphatic carbocycles. The van der Waals surface area contributed by atoms with E-state index in [0.29, 0.717) is 24.9 Å². The van der Waals surface area contributed by atoms with E-state index in [1.807, 2.05) is 12.1 Å². The average molecular weight is 219 g/mol. The first-order valence-corrected chi connectivity index (χ1v) is 5.98. The highest BCUT2D eigenvalue weighted by Gasteiger charge is 2.25. The third-order valence-electron chi connectivity index (χ3n) is 3.64. The largest absolute Gasteiger partial charge is 0.508 e. The molecule has 1 aromatic rings. The second-order valence-corrected chi connectivity index (χ2v) is 4.67. The minimum atomic E-state index is 0.443. The van der Waals surface area contributed by atoms with Crippen LogP contribution in [-0.2, 0) is 18.0 Å². The van der Waals surface area contributed by atoms with E-state index in [4.69, 9.17) is 4.74 Å². The van der Waals surface area contributed by atoms with Gasteiger partial charge in [0.05, 0.1) is 13.2 Å². The van der Waals surface area contributed by atoms with E-state index in [1.54, 1.807) is 0 Å². The van der Waals surface area contributed by atoms with Crippen LogP contribution in [0.2, 0.25) is 0 Å². The van der Waals surface area contributed by atoms with Crippen LogP contribution in [0.15, 0.2) is 12.1 Å². The van der Waals surface area contributed by atoms with Gasteiger partial charge >= 0.3 is 0 Å². The van der Waals surface area contributed by atoms with E-state index in [0.717, 1.165) is 25.1 Å². The average Bonchev–Trinajstić information content (AvgIpc) is 2.78. The predicted molar refractivity (Wildman–Crippen MR) is 61.4 cm³/mol. The molecule has 86 valence electrons. The summed E-state index contributed by atoms with van der Waals surface area (Å²) in [6.07, 6.45) is 2.35. The van der Waals surface area contributed by atoms with Crippen LogP contribution in [0.5, 0.6) is 5.75 Å². The normalized spacial score (nSPS) is 24.4. The highest BCUT2D eigenvalue weighted by atomic mass is 16.5. The number of phenolic OH excluding ortho intramolecular Hbond substituents is 1. The first kappa shape index (κ1) is 10.1. The zero-order chi connectivity index (χ0) is 11.0. The van der Waals surface area contributed by atoms with Gasteiger partial charge in [0.15, 0.2) is 0 Å². The molecule has 2 heterocycles. The Kier molecular flexibility index (Phi) is 2.58. The van der Waals surface area contributed by atoms with Crippen LogP contribution in [0.4, 0.5) is 0 Å². The maximum absolute atomic E-state index is 10.0. The molecule has 0 radical (unpaired) electrons. The molecule has 2 aliphatic rings. The van der Waals surface area contributed by atoms with Crippen molar-refractivity contribution in [3.8, 4) is 5.75 Å². The maximum Gasteiger partial charge on any atom is 0.119 e. The summed E-state index contributed by atoms with van der Waals surface area (Å²) in [5.74, 6) is 0.892. The van der Waals surface area contributed by atoms with Crippen LogP contribution < -0.4 is 5.32 Å². The molecule has 3 heteroatoms. The van der Waals surface area contributed by atoms with E-state index >= 15 is 0 Å². The van der Waals surface area contributed by atoms with E-state index < -0.39 is 0 Å². The predicted octanol–water partition coefficient (Wildman–Crippen LogP) is 1.89. The minimum absolute atomic E-state index is 0.443. The highest BCUT2D eigenvalue weighted by molar-refractivity contribution is 5.47. The Labute approximate surface area is 95.4 Å². The molecular formula is C13H17NO2. The molecule has 3 rings (SSSR count). The molecule has 1 unspecified atom stereocenters. The van der Waals surface area contributed by atoms with Gasteiger partial charge in [0.1, 0.15) is 5.75 Å². The Hall–Kier alpha value is -1.06. The minimum Gasteiger partial charge on any atom is -0.508 e. The van der Waals surface area contributed by atoms with Crippen molar-refractivity contribution in [1.82, 2.24) is 5.32 Å². The molecule has 0 aromatic heterocycles. The summed E-state index contributed by atoms with van der Waals surface area (Å²) in [6.45, 7) is 3.44. The lowest BCUT2D eigenvalue weighted by Gasteiger charge is -2.25. The molecule has 2 N–H and O–H groups in total. The molecule has 16 heavy (non-hydrogen) atoms. The molecule has 1 fully saturated rings. The van der Waals surface area contributed by atoms with Gasteiger partial charge in [-0.1, -0.05) is 6.07 Å². The van der Waals surface area contributed by atoms with Gasteiger partial charge in [-0.15, -0.1) is 0 Å². The van der Waals surface area contributed by atoms with Gasteiger partial charge in [0, 0.05) is 18.0 Å². The summed E-state index contributed by atoms with van der Waals surface area (Å²) in [6, 6.07) is 3.80. The van der Waals surface area contributed by atoms with Crippen LogP contribution in [0.3, 0.4) is 0 Å². The van der Waals surface area contributed by atoms with Gasteiger partial charge < -0.3 is 15.2 Å². The Morgan fingerprint density at radius 2 is 2.25 bits per heavy atom. The maximum atomic E-state index is 10.0. The first-order valence-electron chi connectivity index (χ1n) is 5.98. The number of nitrogens with one attached hydrogen (secondary N) is 1. The van der Waals surface area contributed by atoms with Crippen molar-refractivity contribution in [2.24, 2.45) is 0 Å². The van der Waals surface area contributed by atoms with Gasteiger partial charge in [-0.3, -0.25) is 0 Å². The molecule has 0 bridgehead atoms. The smallest absolute Gasteiger partial charge is 0.119 e. The Morgan fingerprint density at radius 1 is 1.31 bits per heavy atom. The summed E-state index contributed by atoms with van der Waals surface area (Å²) in [5, 5.41) is 13.4. The molecule has 1 saturated heterocycles. The van der Waals surface area contributed by atoms with Crippen molar-refractivity contribution in [3.63, 3.8) is 0 Å². The second kappa shape index (κ2) is 4.07. The van der Waals surface area contributed by atoms with Crippen molar-refractivity contribution in [2.45, 2.75) is 32.0 Å². The fourth-order valence-electron chi connectivity index (χ4n) is 2.82. The van der Waals surface area contributed by atoms with Crippen LogP contribution in [0.25, 0.3) is 0 Å². The number of hydrogen-bond donors (Lipinski definition) is 2. The number of hydrogen-bond acceptors (Lipinski definition) is 3. The quantitative estimate of drug-likeness (QED) is 0.758. The molecule has 0 saturated carbocycles. The number of rotatable bonds is 1. The molecule has 0 spiro atoms. The molecule has 3 nitrogen and oxygen atoms in total. The van der Waals surface area contributed by atoms with Gasteiger partial charge in [-0.25, -0.2) is 0 Å². The molecule has 0 amide bonds. The molecule has 2 aliphatic heterocycles. The molecule has 1 aromatic carbocycles.